The highest BCUT2D eigenvalue weighted by Crippen LogP contribution is 2.49. The van der Waals surface area contributed by atoms with Gasteiger partial charge in [-0.3, -0.25) is 14.9 Å². The number of carbonyl (C=O) groups is 2. The van der Waals surface area contributed by atoms with Gasteiger partial charge < -0.3 is 9.15 Å². The number of fused-ring (bicyclic) bond motifs is 2. The highest BCUT2D eigenvalue weighted by atomic mass is 16.5. The molecule has 2 saturated carbocycles. The van der Waals surface area contributed by atoms with E-state index < -0.39 is 5.91 Å². The van der Waals surface area contributed by atoms with Gasteiger partial charge in [0, 0.05) is 12.0 Å². The first-order valence-electron chi connectivity index (χ1n) is 9.02. The molecule has 1 amide bonds. The van der Waals surface area contributed by atoms with E-state index in [1.54, 1.807) is 0 Å². The number of rotatable bonds is 6. The molecule has 2 bridgehead atoms. The van der Waals surface area contributed by atoms with Gasteiger partial charge in [-0.2, -0.15) is 0 Å². The van der Waals surface area contributed by atoms with Crippen molar-refractivity contribution in [2.24, 2.45) is 17.8 Å². The summed E-state index contributed by atoms with van der Waals surface area (Å²) in [6.07, 6.45) is 5.31. The van der Waals surface area contributed by atoms with Crippen molar-refractivity contribution < 1.29 is 18.7 Å². The zero-order chi connectivity index (χ0) is 17.9. The number of esters is 1. The molecule has 0 aliphatic heterocycles. The van der Waals surface area contributed by atoms with E-state index in [2.05, 4.69) is 15.5 Å². The minimum absolute atomic E-state index is 0.0157. The van der Waals surface area contributed by atoms with Gasteiger partial charge in [0.25, 0.3) is 5.91 Å². The van der Waals surface area contributed by atoms with Crippen molar-refractivity contribution in [3.05, 3.63) is 30.3 Å². The van der Waals surface area contributed by atoms with Gasteiger partial charge in [-0.25, -0.2) is 0 Å². The Balaban J connectivity index is 1.23. The summed E-state index contributed by atoms with van der Waals surface area (Å²) in [6, 6.07) is 9.24. The maximum Gasteiger partial charge on any atom is 0.322 e. The molecule has 26 heavy (non-hydrogen) atoms. The first-order valence-corrected chi connectivity index (χ1v) is 9.02. The number of ether oxygens (including phenoxy) is 1. The van der Waals surface area contributed by atoms with E-state index in [0.29, 0.717) is 24.1 Å². The first-order chi connectivity index (χ1) is 12.7. The van der Waals surface area contributed by atoms with Crippen LogP contribution < -0.4 is 5.32 Å². The van der Waals surface area contributed by atoms with Gasteiger partial charge in [-0.1, -0.05) is 29.7 Å². The number of hydrogen-bond acceptors (Lipinski definition) is 6. The Morgan fingerprint density at radius 2 is 2.00 bits per heavy atom. The highest BCUT2D eigenvalue weighted by molar-refractivity contribution is 5.91. The maximum absolute atomic E-state index is 12.0. The molecule has 7 nitrogen and oxygen atoms in total. The zero-order valence-corrected chi connectivity index (χ0v) is 14.4. The normalized spacial score (nSPS) is 23.8. The van der Waals surface area contributed by atoms with Crippen molar-refractivity contribution in [1.29, 1.82) is 0 Å². The van der Waals surface area contributed by atoms with Crippen LogP contribution in [0.25, 0.3) is 11.5 Å². The fraction of sp³-hybridized carbons (Fsp3) is 0.474. The minimum atomic E-state index is -0.491. The van der Waals surface area contributed by atoms with Gasteiger partial charge >= 0.3 is 12.0 Å². The second kappa shape index (κ2) is 7.27. The van der Waals surface area contributed by atoms with Crippen molar-refractivity contribution >= 4 is 17.9 Å². The molecule has 1 aromatic heterocycles. The monoisotopic (exact) mass is 355 g/mol. The van der Waals surface area contributed by atoms with Crippen molar-refractivity contribution in [2.45, 2.75) is 32.1 Å². The zero-order valence-electron chi connectivity index (χ0n) is 14.4. The number of nitrogens with one attached hydrogen (secondary N) is 1. The summed E-state index contributed by atoms with van der Waals surface area (Å²) in [7, 11) is 0. The van der Waals surface area contributed by atoms with Gasteiger partial charge in [-0.15, -0.1) is 5.10 Å². The predicted octanol–water partition coefficient (Wildman–Crippen LogP) is 3.04. The van der Waals surface area contributed by atoms with Crippen LogP contribution in [0.3, 0.4) is 0 Å². The Morgan fingerprint density at radius 1 is 1.15 bits per heavy atom. The van der Waals surface area contributed by atoms with E-state index in [1.165, 1.54) is 19.3 Å². The molecule has 2 aliphatic carbocycles. The topological polar surface area (TPSA) is 94.3 Å². The number of nitrogens with zero attached hydrogens (tertiary/aromatic N) is 2. The molecule has 1 N–H and O–H groups in total. The Hall–Kier alpha value is -2.70. The molecule has 0 unspecified atom stereocenters. The standard InChI is InChI=1S/C19H21N3O4/c23-16(11-25-17(24)10-15-9-12-6-7-14(15)8-12)20-19-22-21-18(26-19)13-4-2-1-3-5-13/h1-5,12,14-15H,6-11H2,(H,20,22,23)/t12-,14+,15-/m0/s1. The van der Waals surface area contributed by atoms with E-state index in [1.807, 2.05) is 30.3 Å². The molecule has 136 valence electrons. The smallest absolute Gasteiger partial charge is 0.322 e. The fourth-order valence-corrected chi connectivity index (χ4v) is 4.17. The fourth-order valence-electron chi connectivity index (χ4n) is 4.17. The molecule has 2 aliphatic rings. The molecular weight excluding hydrogens is 334 g/mol. The van der Waals surface area contributed by atoms with Crippen molar-refractivity contribution in [2.75, 3.05) is 11.9 Å². The quantitative estimate of drug-likeness (QED) is 0.801. The van der Waals surface area contributed by atoms with Crippen LogP contribution in [0.15, 0.2) is 34.7 Å². The van der Waals surface area contributed by atoms with Crippen LogP contribution in [0.5, 0.6) is 0 Å². The van der Waals surface area contributed by atoms with Crippen LogP contribution in [-0.4, -0.2) is 28.7 Å². The van der Waals surface area contributed by atoms with Crippen molar-refractivity contribution in [3.63, 3.8) is 0 Å². The average Bonchev–Trinajstić information content (AvgIpc) is 3.38. The van der Waals surface area contributed by atoms with E-state index in [0.717, 1.165) is 17.9 Å². The summed E-state index contributed by atoms with van der Waals surface area (Å²) < 4.78 is 10.5. The molecule has 0 radical (unpaired) electrons. The molecule has 3 atom stereocenters. The third-order valence-corrected chi connectivity index (χ3v) is 5.37. The number of aromatic nitrogens is 2. The third kappa shape index (κ3) is 3.76. The van der Waals surface area contributed by atoms with Crippen LogP contribution in [-0.2, 0) is 14.3 Å². The van der Waals surface area contributed by atoms with E-state index in [4.69, 9.17) is 9.15 Å². The van der Waals surface area contributed by atoms with Gasteiger partial charge in [0.2, 0.25) is 5.89 Å². The molecule has 0 saturated heterocycles. The van der Waals surface area contributed by atoms with Gasteiger partial charge in [0.15, 0.2) is 6.61 Å². The highest BCUT2D eigenvalue weighted by Gasteiger charge is 2.40. The second-order valence-corrected chi connectivity index (χ2v) is 7.13. The summed E-state index contributed by atoms with van der Waals surface area (Å²) in [5, 5.41) is 10.1. The summed E-state index contributed by atoms with van der Waals surface area (Å²) >= 11 is 0. The number of benzene rings is 1. The van der Waals surface area contributed by atoms with E-state index in [-0.39, 0.29) is 18.6 Å². The Bertz CT molecular complexity index is 789. The summed E-state index contributed by atoms with van der Waals surface area (Å²) in [5.41, 5.74) is 0.762. The number of hydrogen-bond donors (Lipinski definition) is 1. The van der Waals surface area contributed by atoms with Crippen molar-refractivity contribution in [1.82, 2.24) is 10.2 Å². The average molecular weight is 355 g/mol. The molecule has 2 fully saturated rings. The molecule has 1 heterocycles. The molecule has 7 heteroatoms. The molecule has 2 aromatic rings. The SMILES string of the molecule is O=C(COC(=O)C[C@@H]1C[C@H]2CC[C@@H]1C2)Nc1nnc(-c2ccccc2)o1. The molecule has 0 spiro atoms. The lowest BCUT2D eigenvalue weighted by molar-refractivity contribution is -0.148. The summed E-state index contributed by atoms with van der Waals surface area (Å²) in [5.74, 6) is 1.39. The van der Waals surface area contributed by atoms with Crippen molar-refractivity contribution in [3.8, 4) is 11.5 Å². The Kier molecular flexibility index (Phi) is 4.69. The molecule has 1 aromatic carbocycles. The van der Waals surface area contributed by atoms with Crippen LogP contribution in [0, 0.1) is 17.8 Å². The van der Waals surface area contributed by atoms with E-state index in [9.17, 15) is 9.59 Å². The number of carbonyl (C=O) groups excluding carboxylic acids is 2. The van der Waals surface area contributed by atoms with Crippen LogP contribution in [0.1, 0.15) is 32.1 Å². The number of anilines is 1. The van der Waals surface area contributed by atoms with E-state index >= 15 is 0 Å². The van der Waals surface area contributed by atoms with Crippen LogP contribution in [0.2, 0.25) is 0 Å². The maximum atomic E-state index is 12.0. The van der Waals surface area contributed by atoms with Gasteiger partial charge in [-0.05, 0) is 49.1 Å². The Labute approximate surface area is 151 Å². The third-order valence-electron chi connectivity index (χ3n) is 5.37. The van der Waals surface area contributed by atoms with Crippen LogP contribution >= 0.6 is 0 Å². The number of amides is 1. The molecule has 4 rings (SSSR count). The lowest BCUT2D eigenvalue weighted by atomic mass is 9.86. The summed E-state index contributed by atoms with van der Waals surface area (Å²) in [6.45, 7) is -0.345. The first kappa shape index (κ1) is 16.8. The van der Waals surface area contributed by atoms with Crippen LogP contribution in [0.4, 0.5) is 6.01 Å². The lowest BCUT2D eigenvalue weighted by Crippen LogP contribution is -2.23. The predicted molar refractivity (Wildman–Crippen MR) is 92.9 cm³/mol. The van der Waals surface area contributed by atoms with Gasteiger partial charge in [0.05, 0.1) is 0 Å². The second-order valence-electron chi connectivity index (χ2n) is 7.13. The largest absolute Gasteiger partial charge is 0.456 e. The Morgan fingerprint density at radius 3 is 2.73 bits per heavy atom. The molecular formula is C19H21N3O4. The van der Waals surface area contributed by atoms with Gasteiger partial charge in [0.1, 0.15) is 0 Å². The minimum Gasteiger partial charge on any atom is -0.456 e. The summed E-state index contributed by atoms with van der Waals surface area (Å²) in [4.78, 5) is 23.9. The lowest BCUT2D eigenvalue weighted by Gasteiger charge is -2.20.